The van der Waals surface area contributed by atoms with E-state index in [1.54, 1.807) is 0 Å². The van der Waals surface area contributed by atoms with Crippen molar-refractivity contribution in [1.82, 2.24) is 9.78 Å². The van der Waals surface area contributed by atoms with E-state index < -0.39 is 0 Å². The summed E-state index contributed by atoms with van der Waals surface area (Å²) in [7, 11) is 1.91. The number of ketones is 1. The average molecular weight is 256 g/mol. The molecule has 1 heterocycles. The van der Waals surface area contributed by atoms with E-state index >= 15 is 0 Å². The van der Waals surface area contributed by atoms with Gasteiger partial charge in [-0.1, -0.05) is 43.9 Å². The minimum absolute atomic E-state index is 0.181. The van der Waals surface area contributed by atoms with Gasteiger partial charge >= 0.3 is 0 Å². The SMILES string of the molecule is Cn1nc(C(=O)C2CCCCCC2)c2ccccc21. The molecule has 3 nitrogen and oxygen atoms in total. The minimum atomic E-state index is 0.181. The lowest BCUT2D eigenvalue weighted by Gasteiger charge is -2.10. The van der Waals surface area contributed by atoms with Gasteiger partial charge in [0, 0.05) is 18.4 Å². The molecule has 0 aliphatic heterocycles. The number of hydrogen-bond donors (Lipinski definition) is 0. The number of aromatic nitrogens is 2. The van der Waals surface area contributed by atoms with E-state index in [4.69, 9.17) is 0 Å². The predicted molar refractivity (Wildman–Crippen MR) is 76.2 cm³/mol. The normalized spacial score (nSPS) is 17.5. The van der Waals surface area contributed by atoms with Crippen LogP contribution in [-0.2, 0) is 7.05 Å². The van der Waals surface area contributed by atoms with Crippen LogP contribution in [0.15, 0.2) is 24.3 Å². The van der Waals surface area contributed by atoms with Crippen molar-refractivity contribution in [3.05, 3.63) is 30.0 Å². The second-order valence-corrected chi connectivity index (χ2v) is 5.54. The molecule has 0 saturated heterocycles. The van der Waals surface area contributed by atoms with Crippen LogP contribution in [0.25, 0.3) is 10.9 Å². The molecule has 1 aromatic carbocycles. The lowest BCUT2D eigenvalue weighted by Crippen LogP contribution is -2.15. The first-order chi connectivity index (χ1) is 9.27. The van der Waals surface area contributed by atoms with Crippen LogP contribution in [0.5, 0.6) is 0 Å². The second kappa shape index (κ2) is 5.16. The van der Waals surface area contributed by atoms with Crippen LogP contribution in [0, 0.1) is 5.92 Å². The molecular formula is C16H20N2O. The van der Waals surface area contributed by atoms with E-state index in [0.717, 1.165) is 23.7 Å². The quantitative estimate of drug-likeness (QED) is 0.606. The van der Waals surface area contributed by atoms with Crippen LogP contribution in [0.4, 0.5) is 0 Å². The molecule has 0 N–H and O–H groups in total. The van der Waals surface area contributed by atoms with Crippen molar-refractivity contribution in [2.75, 3.05) is 0 Å². The first-order valence-electron chi connectivity index (χ1n) is 7.23. The van der Waals surface area contributed by atoms with Crippen LogP contribution in [-0.4, -0.2) is 15.6 Å². The Kier molecular flexibility index (Phi) is 3.36. The zero-order chi connectivity index (χ0) is 13.2. The molecular weight excluding hydrogens is 236 g/mol. The molecule has 1 aliphatic rings. The molecule has 3 rings (SSSR count). The first kappa shape index (κ1) is 12.4. The van der Waals surface area contributed by atoms with Gasteiger partial charge < -0.3 is 0 Å². The number of rotatable bonds is 2. The highest BCUT2D eigenvalue weighted by Gasteiger charge is 2.25. The zero-order valence-corrected chi connectivity index (χ0v) is 11.4. The van der Waals surface area contributed by atoms with Gasteiger partial charge in [-0.2, -0.15) is 5.10 Å². The van der Waals surface area contributed by atoms with Gasteiger partial charge in [0.1, 0.15) is 5.69 Å². The van der Waals surface area contributed by atoms with E-state index in [1.807, 2.05) is 36.0 Å². The number of hydrogen-bond acceptors (Lipinski definition) is 2. The summed E-state index contributed by atoms with van der Waals surface area (Å²) in [5.41, 5.74) is 1.71. The van der Waals surface area contributed by atoms with E-state index in [0.29, 0.717) is 5.69 Å². The molecule has 0 radical (unpaired) electrons. The van der Waals surface area contributed by atoms with Gasteiger partial charge in [0.05, 0.1) is 5.52 Å². The maximum atomic E-state index is 12.7. The number of carbonyl (C=O) groups excluding carboxylic acids is 1. The van der Waals surface area contributed by atoms with Gasteiger partial charge in [-0.3, -0.25) is 9.48 Å². The van der Waals surface area contributed by atoms with Crippen LogP contribution in [0.3, 0.4) is 0 Å². The summed E-state index contributed by atoms with van der Waals surface area (Å²) in [6.07, 6.45) is 6.97. The Bertz CT molecular complexity index is 592. The number of aryl methyl sites for hydroxylation is 1. The fourth-order valence-electron chi connectivity index (χ4n) is 3.13. The molecule has 19 heavy (non-hydrogen) atoms. The summed E-state index contributed by atoms with van der Waals surface area (Å²) >= 11 is 0. The molecule has 2 aromatic rings. The summed E-state index contributed by atoms with van der Waals surface area (Å²) in [5, 5.41) is 5.46. The molecule has 1 aliphatic carbocycles. The fraction of sp³-hybridized carbons (Fsp3) is 0.500. The maximum absolute atomic E-state index is 12.7. The Balaban J connectivity index is 1.97. The third kappa shape index (κ3) is 2.29. The van der Waals surface area contributed by atoms with Crippen molar-refractivity contribution in [1.29, 1.82) is 0 Å². The van der Waals surface area contributed by atoms with Gasteiger partial charge in [0.15, 0.2) is 5.78 Å². The van der Waals surface area contributed by atoms with E-state index in [2.05, 4.69) is 5.10 Å². The molecule has 0 amide bonds. The molecule has 100 valence electrons. The largest absolute Gasteiger partial charge is 0.292 e. The van der Waals surface area contributed by atoms with Crippen molar-refractivity contribution in [3.8, 4) is 0 Å². The molecule has 1 saturated carbocycles. The monoisotopic (exact) mass is 256 g/mol. The van der Waals surface area contributed by atoms with Crippen molar-refractivity contribution >= 4 is 16.7 Å². The van der Waals surface area contributed by atoms with Crippen LogP contribution in [0.1, 0.15) is 49.0 Å². The third-order valence-electron chi connectivity index (χ3n) is 4.22. The highest BCUT2D eigenvalue weighted by atomic mass is 16.1. The molecule has 1 aromatic heterocycles. The van der Waals surface area contributed by atoms with Gasteiger partial charge in [0.2, 0.25) is 0 Å². The number of para-hydroxylation sites is 1. The number of benzene rings is 1. The van der Waals surface area contributed by atoms with Gasteiger partial charge in [-0.25, -0.2) is 0 Å². The number of carbonyl (C=O) groups is 1. The predicted octanol–water partition coefficient (Wildman–Crippen LogP) is 3.73. The summed E-state index contributed by atoms with van der Waals surface area (Å²) in [5.74, 6) is 0.430. The fourth-order valence-corrected chi connectivity index (χ4v) is 3.13. The maximum Gasteiger partial charge on any atom is 0.186 e. The van der Waals surface area contributed by atoms with Crippen LogP contribution in [0.2, 0.25) is 0 Å². The lowest BCUT2D eigenvalue weighted by molar-refractivity contribution is 0.0903. The molecule has 1 fully saturated rings. The molecule has 0 unspecified atom stereocenters. The second-order valence-electron chi connectivity index (χ2n) is 5.54. The number of Topliss-reactive ketones (excluding diaryl/α,β-unsaturated/α-hetero) is 1. The first-order valence-corrected chi connectivity index (χ1v) is 7.23. The highest BCUT2D eigenvalue weighted by molar-refractivity contribution is 6.07. The van der Waals surface area contributed by atoms with E-state index in [1.165, 1.54) is 25.7 Å². The van der Waals surface area contributed by atoms with Crippen molar-refractivity contribution < 1.29 is 4.79 Å². The number of fused-ring (bicyclic) bond motifs is 1. The Morgan fingerprint density at radius 3 is 2.58 bits per heavy atom. The zero-order valence-electron chi connectivity index (χ0n) is 11.4. The van der Waals surface area contributed by atoms with Crippen LogP contribution >= 0.6 is 0 Å². The Morgan fingerprint density at radius 2 is 1.84 bits per heavy atom. The van der Waals surface area contributed by atoms with Crippen LogP contribution < -0.4 is 0 Å². The molecule has 3 heteroatoms. The Labute approximate surface area is 113 Å². The van der Waals surface area contributed by atoms with Gasteiger partial charge in [-0.15, -0.1) is 0 Å². The average Bonchev–Trinajstić information content (AvgIpc) is 2.64. The van der Waals surface area contributed by atoms with E-state index in [-0.39, 0.29) is 11.7 Å². The highest BCUT2D eigenvalue weighted by Crippen LogP contribution is 2.28. The summed E-state index contributed by atoms with van der Waals surface area (Å²) < 4.78 is 1.82. The lowest BCUT2D eigenvalue weighted by atomic mass is 9.92. The molecule has 0 spiro atoms. The van der Waals surface area contributed by atoms with E-state index in [9.17, 15) is 4.79 Å². The third-order valence-corrected chi connectivity index (χ3v) is 4.22. The summed E-state index contributed by atoms with van der Waals surface area (Å²) in [4.78, 5) is 12.7. The number of nitrogens with zero attached hydrogens (tertiary/aromatic N) is 2. The minimum Gasteiger partial charge on any atom is -0.292 e. The smallest absolute Gasteiger partial charge is 0.186 e. The Hall–Kier alpha value is -1.64. The summed E-state index contributed by atoms with van der Waals surface area (Å²) in [6.45, 7) is 0. The van der Waals surface area contributed by atoms with Crippen molar-refractivity contribution in [3.63, 3.8) is 0 Å². The van der Waals surface area contributed by atoms with Gasteiger partial charge in [0.25, 0.3) is 0 Å². The topological polar surface area (TPSA) is 34.9 Å². The van der Waals surface area contributed by atoms with Crippen molar-refractivity contribution in [2.45, 2.75) is 38.5 Å². The molecule has 0 atom stereocenters. The van der Waals surface area contributed by atoms with Gasteiger partial charge in [-0.05, 0) is 18.9 Å². The van der Waals surface area contributed by atoms with Crippen molar-refractivity contribution in [2.24, 2.45) is 13.0 Å². The Morgan fingerprint density at radius 1 is 1.16 bits per heavy atom. The molecule has 0 bridgehead atoms. The summed E-state index contributed by atoms with van der Waals surface area (Å²) in [6, 6.07) is 8.00. The standard InChI is InChI=1S/C16H20N2O/c1-18-14-11-7-6-10-13(14)15(17-18)16(19)12-8-4-2-3-5-9-12/h6-7,10-12H,2-5,8-9H2,1H3.